The number of rotatable bonds is 3. The molecule has 24 heavy (non-hydrogen) atoms. The Morgan fingerprint density at radius 1 is 1.25 bits per heavy atom. The number of carbonyl (C=O) groups excluding carboxylic acids is 1. The van der Waals surface area contributed by atoms with Gasteiger partial charge in [0.15, 0.2) is 9.84 Å². The maximum absolute atomic E-state index is 12.5. The molecule has 3 rings (SSSR count). The molecule has 2 aliphatic heterocycles. The number of aryl methyl sites for hydroxylation is 1. The summed E-state index contributed by atoms with van der Waals surface area (Å²) in [6.07, 6.45) is 0.952. The molecule has 6 nitrogen and oxygen atoms in total. The van der Waals surface area contributed by atoms with Crippen LogP contribution in [0.5, 0.6) is 0 Å². The Balaban J connectivity index is 1.69. The van der Waals surface area contributed by atoms with Gasteiger partial charge in [-0.25, -0.2) is 13.2 Å². The van der Waals surface area contributed by atoms with Gasteiger partial charge in [0, 0.05) is 30.7 Å². The Morgan fingerprint density at radius 2 is 1.92 bits per heavy atom. The standard InChI is InChI=1S/C17H25N3O3S/c1-4-12-5-7-13(8-6-12)18-17(21)20-9-14-15(19(2)3)11-24(22,23)16(14)10-20/h5-8,14-16H,4,9-11H2,1-3H3,(H,18,21)/t14-,15+,16-/m0/s1. The molecule has 0 spiro atoms. The van der Waals surface area contributed by atoms with Crippen LogP contribution in [0.25, 0.3) is 0 Å². The molecule has 132 valence electrons. The van der Waals surface area contributed by atoms with E-state index in [9.17, 15) is 13.2 Å². The number of hydrogen-bond acceptors (Lipinski definition) is 4. The average Bonchev–Trinajstić information content (AvgIpc) is 3.08. The van der Waals surface area contributed by atoms with Crippen molar-refractivity contribution < 1.29 is 13.2 Å². The van der Waals surface area contributed by atoms with Crippen LogP contribution in [0, 0.1) is 5.92 Å². The van der Waals surface area contributed by atoms with Crippen molar-refractivity contribution >= 4 is 21.6 Å². The average molecular weight is 351 g/mol. The van der Waals surface area contributed by atoms with E-state index in [0.717, 1.165) is 12.1 Å². The molecule has 0 aromatic heterocycles. The Labute approximate surface area is 143 Å². The smallest absolute Gasteiger partial charge is 0.321 e. The van der Waals surface area contributed by atoms with Crippen LogP contribution in [0.1, 0.15) is 12.5 Å². The highest BCUT2D eigenvalue weighted by atomic mass is 32.2. The summed E-state index contributed by atoms with van der Waals surface area (Å²) in [6.45, 7) is 2.86. The number of amides is 2. The number of likely N-dealkylation sites (tertiary alicyclic amines) is 1. The fraction of sp³-hybridized carbons (Fsp3) is 0.588. The zero-order valence-electron chi connectivity index (χ0n) is 14.4. The van der Waals surface area contributed by atoms with Gasteiger partial charge < -0.3 is 15.1 Å². The second-order valence-electron chi connectivity index (χ2n) is 6.95. The first-order valence-electron chi connectivity index (χ1n) is 8.34. The fourth-order valence-corrected chi connectivity index (χ4v) is 6.23. The summed E-state index contributed by atoms with van der Waals surface area (Å²) >= 11 is 0. The number of sulfone groups is 1. The van der Waals surface area contributed by atoms with E-state index in [-0.39, 0.29) is 30.3 Å². The van der Waals surface area contributed by atoms with Crippen LogP contribution in [0.4, 0.5) is 10.5 Å². The maximum atomic E-state index is 12.5. The third-order valence-electron chi connectivity index (χ3n) is 5.23. The number of carbonyl (C=O) groups is 1. The number of fused-ring (bicyclic) bond motifs is 1. The Kier molecular flexibility index (Phi) is 4.57. The molecule has 0 radical (unpaired) electrons. The van der Waals surface area contributed by atoms with Gasteiger partial charge in [-0.15, -0.1) is 0 Å². The zero-order chi connectivity index (χ0) is 17.5. The van der Waals surface area contributed by atoms with E-state index in [2.05, 4.69) is 12.2 Å². The quantitative estimate of drug-likeness (QED) is 0.895. The van der Waals surface area contributed by atoms with E-state index < -0.39 is 15.1 Å². The minimum Gasteiger partial charge on any atom is -0.323 e. The first-order chi connectivity index (χ1) is 11.3. The predicted octanol–water partition coefficient (Wildman–Crippen LogP) is 1.44. The summed E-state index contributed by atoms with van der Waals surface area (Å²) in [6, 6.07) is 7.50. The fourth-order valence-electron chi connectivity index (χ4n) is 3.76. The summed E-state index contributed by atoms with van der Waals surface area (Å²) in [4.78, 5) is 16.1. The first kappa shape index (κ1) is 17.2. The lowest BCUT2D eigenvalue weighted by Gasteiger charge is -2.25. The minimum absolute atomic E-state index is 0.00165. The summed E-state index contributed by atoms with van der Waals surface area (Å²) < 4.78 is 24.7. The van der Waals surface area contributed by atoms with Crippen molar-refractivity contribution in [3.63, 3.8) is 0 Å². The van der Waals surface area contributed by atoms with Crippen LogP contribution in [-0.4, -0.2) is 68.5 Å². The zero-order valence-corrected chi connectivity index (χ0v) is 15.2. The molecule has 2 aliphatic rings. The Bertz CT molecular complexity index is 715. The predicted molar refractivity (Wildman–Crippen MR) is 95.0 cm³/mol. The first-order valence-corrected chi connectivity index (χ1v) is 10.1. The molecule has 2 heterocycles. The number of benzene rings is 1. The molecule has 2 saturated heterocycles. The second-order valence-corrected chi connectivity index (χ2v) is 9.21. The molecule has 1 N–H and O–H groups in total. The topological polar surface area (TPSA) is 69.7 Å². The molecular formula is C17H25N3O3S. The van der Waals surface area contributed by atoms with Crippen molar-refractivity contribution in [3.8, 4) is 0 Å². The van der Waals surface area contributed by atoms with Crippen molar-refractivity contribution in [1.29, 1.82) is 0 Å². The third kappa shape index (κ3) is 3.15. The van der Waals surface area contributed by atoms with Gasteiger partial charge >= 0.3 is 6.03 Å². The van der Waals surface area contributed by atoms with Crippen molar-refractivity contribution in [2.45, 2.75) is 24.6 Å². The van der Waals surface area contributed by atoms with Crippen molar-refractivity contribution in [2.75, 3.05) is 38.3 Å². The van der Waals surface area contributed by atoms with Crippen LogP contribution in [0.3, 0.4) is 0 Å². The number of hydrogen-bond donors (Lipinski definition) is 1. The molecule has 1 aromatic rings. The lowest BCUT2D eigenvalue weighted by atomic mass is 10.00. The monoisotopic (exact) mass is 351 g/mol. The molecule has 0 saturated carbocycles. The van der Waals surface area contributed by atoms with E-state index >= 15 is 0 Å². The second kappa shape index (κ2) is 6.37. The molecule has 2 amide bonds. The van der Waals surface area contributed by atoms with Crippen LogP contribution in [0.2, 0.25) is 0 Å². The molecule has 2 fully saturated rings. The van der Waals surface area contributed by atoms with E-state index in [1.165, 1.54) is 5.56 Å². The van der Waals surface area contributed by atoms with Gasteiger partial charge in [0.2, 0.25) is 0 Å². The van der Waals surface area contributed by atoms with Gasteiger partial charge in [-0.3, -0.25) is 0 Å². The molecule has 7 heteroatoms. The van der Waals surface area contributed by atoms with Crippen LogP contribution >= 0.6 is 0 Å². The van der Waals surface area contributed by atoms with Crippen molar-refractivity contribution in [2.24, 2.45) is 5.92 Å². The molecule has 1 aromatic carbocycles. The highest BCUT2D eigenvalue weighted by Gasteiger charge is 2.53. The number of urea groups is 1. The SMILES string of the molecule is CCc1ccc(NC(=O)N2C[C@H]3[C@H](N(C)C)CS(=O)(=O)[C@H]3C2)cc1. The van der Waals surface area contributed by atoms with Crippen LogP contribution in [-0.2, 0) is 16.3 Å². The van der Waals surface area contributed by atoms with E-state index in [1.54, 1.807) is 4.90 Å². The van der Waals surface area contributed by atoms with E-state index in [1.807, 2.05) is 43.3 Å². The molecule has 0 aliphatic carbocycles. The Hall–Kier alpha value is -1.60. The van der Waals surface area contributed by atoms with Gasteiger partial charge in [-0.05, 0) is 38.2 Å². The largest absolute Gasteiger partial charge is 0.323 e. The Morgan fingerprint density at radius 3 is 2.50 bits per heavy atom. The summed E-state index contributed by atoms with van der Waals surface area (Å²) in [5.74, 6) is 0.196. The molecular weight excluding hydrogens is 326 g/mol. The minimum atomic E-state index is -3.13. The summed E-state index contributed by atoms with van der Waals surface area (Å²) in [7, 11) is 0.677. The maximum Gasteiger partial charge on any atom is 0.321 e. The highest BCUT2D eigenvalue weighted by Crippen LogP contribution is 2.36. The van der Waals surface area contributed by atoms with Crippen molar-refractivity contribution in [1.82, 2.24) is 9.80 Å². The van der Waals surface area contributed by atoms with Crippen molar-refractivity contribution in [3.05, 3.63) is 29.8 Å². The molecule has 0 bridgehead atoms. The molecule has 3 atom stereocenters. The number of anilines is 1. The summed E-state index contributed by atoms with van der Waals surface area (Å²) in [5, 5.41) is 2.44. The van der Waals surface area contributed by atoms with Gasteiger partial charge in [0.1, 0.15) is 0 Å². The number of nitrogens with zero attached hydrogens (tertiary/aromatic N) is 2. The summed E-state index contributed by atoms with van der Waals surface area (Å²) in [5.41, 5.74) is 1.95. The lowest BCUT2D eigenvalue weighted by molar-refractivity contribution is 0.210. The third-order valence-corrected chi connectivity index (χ3v) is 7.46. The normalized spacial score (nSPS) is 28.2. The van der Waals surface area contributed by atoms with Crippen LogP contribution < -0.4 is 5.32 Å². The lowest BCUT2D eigenvalue weighted by Crippen LogP contribution is -2.39. The number of nitrogens with one attached hydrogen (secondary N) is 1. The van der Waals surface area contributed by atoms with Crippen LogP contribution in [0.15, 0.2) is 24.3 Å². The van der Waals surface area contributed by atoms with Gasteiger partial charge in [-0.1, -0.05) is 19.1 Å². The van der Waals surface area contributed by atoms with E-state index in [0.29, 0.717) is 6.54 Å². The van der Waals surface area contributed by atoms with Gasteiger partial charge in [-0.2, -0.15) is 0 Å². The highest BCUT2D eigenvalue weighted by molar-refractivity contribution is 7.92. The molecule has 0 unspecified atom stereocenters. The van der Waals surface area contributed by atoms with E-state index in [4.69, 9.17) is 0 Å². The van der Waals surface area contributed by atoms with Gasteiger partial charge in [0.05, 0.1) is 11.0 Å². The van der Waals surface area contributed by atoms with Gasteiger partial charge in [0.25, 0.3) is 0 Å².